The summed E-state index contributed by atoms with van der Waals surface area (Å²) in [5, 5.41) is 22.2. The fourth-order valence-corrected chi connectivity index (χ4v) is 12.9. The van der Waals surface area contributed by atoms with Crippen LogP contribution in [0.5, 0.6) is 0 Å². The number of aliphatic hydroxyl groups excluding tert-OH is 2. The molecule has 5 aliphatic carbocycles. The SMILES string of the molecule is CC(C)[C@@H](OC(=O)N1CCC1)[C]1C[C@@H](C)[C@H]2[C](O1)[C@H](O)[C@@]1(C)[C]3CC[C@H]4C(C)(C)C(OC(=O)N5CC(O)C5)CC[C@@]45C[C@@]35CC[C@]21C. The van der Waals surface area contributed by atoms with Gasteiger partial charge in [-0.1, -0.05) is 48.5 Å². The Hall–Kier alpha value is -1.58. The number of ether oxygens (including phenoxy) is 3. The van der Waals surface area contributed by atoms with Gasteiger partial charge in [-0.25, -0.2) is 9.59 Å². The van der Waals surface area contributed by atoms with E-state index < -0.39 is 23.7 Å². The monoisotopic (exact) mass is 653 g/mol. The number of nitrogens with zero attached hydrogens (tertiary/aromatic N) is 2. The molecule has 0 aromatic rings. The molecule has 3 radical (unpaired) electrons. The van der Waals surface area contributed by atoms with E-state index in [1.165, 1.54) is 6.42 Å². The molecule has 10 atom stereocenters. The fraction of sp³-hybridized carbons (Fsp3) is 0.868. The van der Waals surface area contributed by atoms with Gasteiger partial charge in [-0.2, -0.15) is 0 Å². The first-order valence-electron chi connectivity index (χ1n) is 18.6. The molecule has 0 aromatic heterocycles. The quantitative estimate of drug-likeness (QED) is 0.376. The molecule has 8 fully saturated rings. The van der Waals surface area contributed by atoms with Crippen LogP contribution < -0.4 is 0 Å². The lowest BCUT2D eigenvalue weighted by Gasteiger charge is -2.63. The average Bonchev–Trinajstić information content (AvgIpc) is 3.59. The lowest BCUT2D eigenvalue weighted by atomic mass is 9.41. The van der Waals surface area contributed by atoms with Gasteiger partial charge in [0, 0.05) is 29.8 Å². The van der Waals surface area contributed by atoms with Crippen molar-refractivity contribution in [2.24, 2.45) is 50.7 Å². The third-order valence-corrected chi connectivity index (χ3v) is 15.6. The normalized spacial score (nSPS) is 46.6. The van der Waals surface area contributed by atoms with Crippen LogP contribution in [0.15, 0.2) is 0 Å². The van der Waals surface area contributed by atoms with Gasteiger partial charge in [0.05, 0.1) is 25.3 Å². The Balaban J connectivity index is 1.03. The number of aliphatic hydroxyl groups is 2. The molecule has 0 bridgehead atoms. The van der Waals surface area contributed by atoms with Crippen LogP contribution in [0.3, 0.4) is 0 Å². The first kappa shape index (κ1) is 32.6. The van der Waals surface area contributed by atoms with Gasteiger partial charge in [-0.05, 0) is 97.7 Å². The van der Waals surface area contributed by atoms with E-state index in [0.29, 0.717) is 19.0 Å². The summed E-state index contributed by atoms with van der Waals surface area (Å²) in [6, 6.07) is 0. The Bertz CT molecular complexity index is 1300. The zero-order valence-electron chi connectivity index (χ0n) is 29.6. The summed E-state index contributed by atoms with van der Waals surface area (Å²) in [5.74, 6) is 2.52. The molecule has 3 saturated heterocycles. The molecule has 261 valence electrons. The second kappa shape index (κ2) is 10.5. The molecule has 8 aliphatic rings. The number of hydrogen-bond acceptors (Lipinski definition) is 7. The van der Waals surface area contributed by atoms with E-state index in [2.05, 4.69) is 48.5 Å². The van der Waals surface area contributed by atoms with Gasteiger partial charge in [0.25, 0.3) is 0 Å². The number of fused-ring (bicyclic) bond motifs is 4. The highest BCUT2D eigenvalue weighted by atomic mass is 16.6. The van der Waals surface area contributed by atoms with Crippen molar-refractivity contribution in [1.29, 1.82) is 0 Å². The van der Waals surface area contributed by atoms with Crippen molar-refractivity contribution in [3.63, 3.8) is 0 Å². The molecule has 9 heteroatoms. The zero-order chi connectivity index (χ0) is 33.5. The lowest BCUT2D eigenvalue weighted by Crippen LogP contribution is -2.60. The molecule has 5 saturated carbocycles. The van der Waals surface area contributed by atoms with Crippen LogP contribution in [0.25, 0.3) is 0 Å². The summed E-state index contributed by atoms with van der Waals surface area (Å²) in [5.41, 5.74) is -0.339. The second-order valence-electron chi connectivity index (χ2n) is 18.3. The summed E-state index contributed by atoms with van der Waals surface area (Å²) >= 11 is 0. The maximum atomic E-state index is 12.9. The maximum Gasteiger partial charge on any atom is 0.410 e. The molecular weight excluding hydrogens is 596 g/mol. The minimum absolute atomic E-state index is 0.0704. The van der Waals surface area contributed by atoms with E-state index in [-0.39, 0.29) is 57.7 Å². The van der Waals surface area contributed by atoms with Crippen LogP contribution in [0.1, 0.15) is 106 Å². The molecule has 2 amide bonds. The molecule has 47 heavy (non-hydrogen) atoms. The molecular formula is C38H57N2O7. The minimum atomic E-state index is -0.701. The van der Waals surface area contributed by atoms with Gasteiger partial charge in [0.1, 0.15) is 24.4 Å². The van der Waals surface area contributed by atoms with Crippen molar-refractivity contribution < 1.29 is 34.0 Å². The lowest BCUT2D eigenvalue weighted by molar-refractivity contribution is -0.132. The maximum absolute atomic E-state index is 12.9. The van der Waals surface area contributed by atoms with E-state index in [0.717, 1.165) is 76.7 Å². The Kier molecular flexibility index (Phi) is 7.27. The van der Waals surface area contributed by atoms with Crippen molar-refractivity contribution in [3.8, 4) is 0 Å². The van der Waals surface area contributed by atoms with Crippen LogP contribution in [0.2, 0.25) is 0 Å². The van der Waals surface area contributed by atoms with Crippen LogP contribution in [-0.4, -0.2) is 82.8 Å². The van der Waals surface area contributed by atoms with Crippen LogP contribution in [0.4, 0.5) is 9.59 Å². The summed E-state index contributed by atoms with van der Waals surface area (Å²) in [7, 11) is 0. The minimum Gasteiger partial charge on any atom is -0.446 e. The van der Waals surface area contributed by atoms with Crippen LogP contribution in [0, 0.1) is 68.9 Å². The molecule has 0 aromatic carbocycles. The molecule has 2 spiro atoms. The van der Waals surface area contributed by atoms with E-state index >= 15 is 0 Å². The summed E-state index contributed by atoms with van der Waals surface area (Å²) < 4.78 is 19.1. The summed E-state index contributed by atoms with van der Waals surface area (Å²) in [6.07, 6.45) is 8.46. The molecule has 3 heterocycles. The number of hydrogen-bond donors (Lipinski definition) is 2. The van der Waals surface area contributed by atoms with Gasteiger partial charge in [0.2, 0.25) is 0 Å². The Labute approximate surface area is 281 Å². The number of amides is 2. The summed E-state index contributed by atoms with van der Waals surface area (Å²) in [4.78, 5) is 29.2. The van der Waals surface area contributed by atoms with Crippen LogP contribution in [-0.2, 0) is 14.2 Å². The number of carbonyl (C=O) groups excluding carboxylic acids is 2. The third kappa shape index (κ3) is 4.17. The standard InChI is InChI=1S/C38H57N2O7/c1-21(2)29(47-32(43)39-15-8-16-39)24-17-22(3)28-30(45-24)31(42)36(7)26-10-9-25-34(4,5)27(46-33(44)40-18-23(41)19-40)11-12-37(25)20-38(26,37)14-13-35(28,36)6/h21-23,25,27-29,31,41-42H,8-20H2,1-7H3/t22-,25+,27?,28+,29-,31+,35-,36-,37-,38+/m1/s1. The molecule has 3 aliphatic heterocycles. The number of rotatable bonds is 4. The third-order valence-electron chi connectivity index (χ3n) is 15.6. The van der Waals surface area contributed by atoms with Gasteiger partial charge < -0.3 is 34.2 Å². The highest BCUT2D eigenvalue weighted by Gasteiger charge is 2.85. The first-order chi connectivity index (χ1) is 22.1. The number of carbonyl (C=O) groups is 2. The largest absolute Gasteiger partial charge is 0.446 e. The van der Waals surface area contributed by atoms with Gasteiger partial charge in [-0.3, -0.25) is 0 Å². The predicted octanol–water partition coefficient (Wildman–Crippen LogP) is 6.13. The van der Waals surface area contributed by atoms with E-state index in [1.54, 1.807) is 15.7 Å². The van der Waals surface area contributed by atoms with Crippen molar-refractivity contribution in [3.05, 3.63) is 18.1 Å². The van der Waals surface area contributed by atoms with Gasteiger partial charge >= 0.3 is 12.2 Å². The smallest absolute Gasteiger partial charge is 0.410 e. The Morgan fingerprint density at radius 2 is 1.70 bits per heavy atom. The van der Waals surface area contributed by atoms with E-state index in [9.17, 15) is 19.8 Å². The van der Waals surface area contributed by atoms with Gasteiger partial charge in [-0.15, -0.1) is 0 Å². The predicted molar refractivity (Wildman–Crippen MR) is 174 cm³/mol. The van der Waals surface area contributed by atoms with Crippen LogP contribution >= 0.6 is 0 Å². The number of β-amino-alcohol motifs (C(OH)–C–C–N with tert-alkyl or cyclic N) is 1. The second-order valence-corrected chi connectivity index (χ2v) is 18.3. The van der Waals surface area contributed by atoms with E-state index in [4.69, 9.17) is 14.2 Å². The van der Waals surface area contributed by atoms with Gasteiger partial charge in [0.15, 0.2) is 0 Å². The molecule has 1 unspecified atom stereocenters. The van der Waals surface area contributed by atoms with Crippen molar-refractivity contribution >= 4 is 12.2 Å². The van der Waals surface area contributed by atoms with Crippen molar-refractivity contribution in [2.75, 3.05) is 26.2 Å². The molecule has 9 nitrogen and oxygen atoms in total. The summed E-state index contributed by atoms with van der Waals surface area (Å²) in [6.45, 7) is 18.1. The topological polar surface area (TPSA) is 109 Å². The highest BCUT2D eigenvalue weighted by molar-refractivity contribution is 5.69. The highest BCUT2D eigenvalue weighted by Crippen LogP contribution is 2.90. The number of likely N-dealkylation sites (tertiary alicyclic amines) is 2. The van der Waals surface area contributed by atoms with Crippen molar-refractivity contribution in [2.45, 2.75) is 131 Å². The van der Waals surface area contributed by atoms with E-state index in [1.807, 2.05) is 0 Å². The van der Waals surface area contributed by atoms with Crippen molar-refractivity contribution in [1.82, 2.24) is 9.80 Å². The molecule has 2 N–H and O–H groups in total. The Morgan fingerprint density at radius 1 is 0.979 bits per heavy atom. The fourth-order valence-electron chi connectivity index (χ4n) is 12.9. The Morgan fingerprint density at radius 3 is 2.34 bits per heavy atom. The average molecular weight is 654 g/mol. The zero-order valence-corrected chi connectivity index (χ0v) is 29.6. The molecule has 8 rings (SSSR count). The first-order valence-corrected chi connectivity index (χ1v) is 18.6.